The van der Waals surface area contributed by atoms with Crippen molar-refractivity contribution in [1.82, 2.24) is 9.80 Å². The predicted molar refractivity (Wildman–Crippen MR) is 149 cm³/mol. The number of rotatable bonds is 6. The monoisotopic (exact) mass is 562 g/mol. The first kappa shape index (κ1) is 27.0. The third-order valence-corrected chi connectivity index (χ3v) is 7.59. The van der Waals surface area contributed by atoms with Gasteiger partial charge in [-0.25, -0.2) is 0 Å². The van der Waals surface area contributed by atoms with Crippen LogP contribution in [-0.4, -0.2) is 48.6 Å². The number of methoxy groups -OCH3 is 1. The van der Waals surface area contributed by atoms with Crippen molar-refractivity contribution in [2.75, 3.05) is 26.7 Å². The maximum Gasteiger partial charge on any atom is 0.123 e. The molecule has 0 saturated carbocycles. The summed E-state index contributed by atoms with van der Waals surface area (Å²) in [5, 5.41) is 0. The molecule has 2 aliphatic rings. The summed E-state index contributed by atoms with van der Waals surface area (Å²) >= 11 is 3.65. The molecule has 2 aliphatic heterocycles. The van der Waals surface area contributed by atoms with E-state index >= 15 is 0 Å². The van der Waals surface area contributed by atoms with Crippen LogP contribution in [0.15, 0.2) is 83.3 Å². The second-order valence-corrected chi connectivity index (χ2v) is 9.97. The quantitative estimate of drug-likeness (QED) is 0.328. The van der Waals surface area contributed by atoms with Gasteiger partial charge in [0.25, 0.3) is 0 Å². The van der Waals surface area contributed by atoms with Gasteiger partial charge in [0.1, 0.15) is 5.75 Å². The van der Waals surface area contributed by atoms with Crippen molar-refractivity contribution in [1.29, 1.82) is 0 Å². The maximum absolute atomic E-state index is 5.68. The van der Waals surface area contributed by atoms with E-state index in [2.05, 4.69) is 105 Å². The van der Waals surface area contributed by atoms with Gasteiger partial charge in [-0.05, 0) is 48.7 Å². The van der Waals surface area contributed by atoms with Gasteiger partial charge in [-0.15, -0.1) is 24.8 Å². The lowest BCUT2D eigenvalue weighted by Gasteiger charge is -2.47. The number of piperazine rings is 1. The summed E-state index contributed by atoms with van der Waals surface area (Å²) in [6, 6.07) is 29.6. The fourth-order valence-electron chi connectivity index (χ4n) is 5.73. The van der Waals surface area contributed by atoms with Crippen LogP contribution in [-0.2, 0) is 6.54 Å². The first-order chi connectivity index (χ1) is 15.7. The molecule has 0 bridgehead atoms. The molecule has 0 amide bonds. The number of halogens is 3. The normalized spacial score (nSPS) is 20.3. The molecule has 2 saturated heterocycles. The standard InChI is InChI=1S/C28H31BrN2O.2ClH/c1-32-27-15-14-24(29)17-23(27)18-30-19-25-13-8-16-31(25)26(20-30)28(21-9-4-2-5-10-21)22-11-6-3-7-12-22;;/h2-7,9-12,14-15,17,25-26,28H,8,13,16,18-20H2,1H3;2*1H/t25-,26-;;/m0../s1. The largest absolute Gasteiger partial charge is 0.496 e. The first-order valence-corrected chi connectivity index (χ1v) is 12.4. The summed E-state index contributed by atoms with van der Waals surface area (Å²) in [5.74, 6) is 1.34. The summed E-state index contributed by atoms with van der Waals surface area (Å²) < 4.78 is 6.79. The molecule has 0 radical (unpaired) electrons. The molecule has 5 rings (SSSR count). The lowest BCUT2D eigenvalue weighted by molar-refractivity contribution is 0.0380. The molecule has 2 atom stereocenters. The van der Waals surface area contributed by atoms with Gasteiger partial charge in [-0.3, -0.25) is 9.80 Å². The van der Waals surface area contributed by atoms with Crippen molar-refractivity contribution in [3.63, 3.8) is 0 Å². The molecule has 6 heteroatoms. The van der Waals surface area contributed by atoms with Crippen LogP contribution in [0, 0.1) is 0 Å². The Hall–Kier alpha value is -1.56. The van der Waals surface area contributed by atoms with Gasteiger partial charge in [0, 0.05) is 47.7 Å². The minimum Gasteiger partial charge on any atom is -0.496 e. The molecule has 2 fully saturated rings. The average molecular weight is 564 g/mol. The van der Waals surface area contributed by atoms with E-state index in [9.17, 15) is 0 Å². The van der Waals surface area contributed by atoms with Crippen molar-refractivity contribution in [2.45, 2.75) is 37.4 Å². The number of hydrogen-bond acceptors (Lipinski definition) is 3. The minimum absolute atomic E-state index is 0. The molecule has 0 aliphatic carbocycles. The number of fused-ring (bicyclic) bond motifs is 1. The Kier molecular flexibility index (Phi) is 9.87. The molecule has 3 nitrogen and oxygen atoms in total. The minimum atomic E-state index is 0. The molecular formula is C28H33BrCl2N2O. The Morgan fingerprint density at radius 3 is 2.18 bits per heavy atom. The van der Waals surface area contributed by atoms with Crippen LogP contribution in [0.1, 0.15) is 35.4 Å². The number of benzene rings is 3. The molecule has 0 unspecified atom stereocenters. The van der Waals surface area contributed by atoms with Crippen LogP contribution in [0.3, 0.4) is 0 Å². The Balaban J connectivity index is 0.00000162. The highest BCUT2D eigenvalue weighted by atomic mass is 79.9. The van der Waals surface area contributed by atoms with Gasteiger partial charge < -0.3 is 4.74 Å². The molecule has 0 spiro atoms. The molecule has 182 valence electrons. The fourth-order valence-corrected chi connectivity index (χ4v) is 6.14. The van der Waals surface area contributed by atoms with E-state index in [0.717, 1.165) is 29.9 Å². The molecule has 34 heavy (non-hydrogen) atoms. The Bertz CT molecular complexity index is 998. The summed E-state index contributed by atoms with van der Waals surface area (Å²) in [4.78, 5) is 5.46. The SMILES string of the molecule is COc1ccc(Br)cc1CN1C[C@@H]2CCCN2[C@H](C(c2ccccc2)c2ccccc2)C1.Cl.Cl. The Morgan fingerprint density at radius 1 is 0.912 bits per heavy atom. The van der Waals surface area contributed by atoms with Crippen molar-refractivity contribution in [3.05, 3.63) is 100 Å². The van der Waals surface area contributed by atoms with Crippen molar-refractivity contribution in [3.8, 4) is 5.75 Å². The highest BCUT2D eigenvalue weighted by Crippen LogP contribution is 2.38. The summed E-state index contributed by atoms with van der Waals surface area (Å²) in [5.41, 5.74) is 4.08. The van der Waals surface area contributed by atoms with E-state index in [0.29, 0.717) is 18.0 Å². The topological polar surface area (TPSA) is 15.7 Å². The molecule has 0 aromatic heterocycles. The van der Waals surface area contributed by atoms with Crippen molar-refractivity contribution in [2.24, 2.45) is 0 Å². The van der Waals surface area contributed by atoms with E-state index in [-0.39, 0.29) is 24.8 Å². The molecule has 0 N–H and O–H groups in total. The average Bonchev–Trinajstić information content (AvgIpc) is 3.30. The lowest BCUT2D eigenvalue weighted by atomic mass is 9.82. The van der Waals surface area contributed by atoms with Crippen LogP contribution >= 0.6 is 40.7 Å². The lowest BCUT2D eigenvalue weighted by Crippen LogP contribution is -2.57. The highest BCUT2D eigenvalue weighted by molar-refractivity contribution is 9.10. The van der Waals surface area contributed by atoms with Gasteiger partial charge in [-0.2, -0.15) is 0 Å². The molecular weight excluding hydrogens is 531 g/mol. The Labute approximate surface area is 224 Å². The molecule has 2 heterocycles. The van der Waals surface area contributed by atoms with Crippen LogP contribution < -0.4 is 4.74 Å². The van der Waals surface area contributed by atoms with Gasteiger partial charge in [-0.1, -0.05) is 76.6 Å². The predicted octanol–water partition coefficient (Wildman–Crippen LogP) is 6.78. The number of ether oxygens (including phenoxy) is 1. The van der Waals surface area contributed by atoms with Crippen LogP contribution in [0.4, 0.5) is 0 Å². The van der Waals surface area contributed by atoms with Crippen molar-refractivity contribution < 1.29 is 4.74 Å². The van der Waals surface area contributed by atoms with Gasteiger partial charge in [0.05, 0.1) is 7.11 Å². The van der Waals surface area contributed by atoms with E-state index < -0.39 is 0 Å². The third-order valence-electron chi connectivity index (χ3n) is 7.10. The summed E-state index contributed by atoms with van der Waals surface area (Å²) in [6.07, 6.45) is 2.59. The smallest absolute Gasteiger partial charge is 0.123 e. The second kappa shape index (κ2) is 12.4. The van der Waals surface area contributed by atoms with Crippen molar-refractivity contribution >= 4 is 40.7 Å². The zero-order chi connectivity index (χ0) is 21.9. The van der Waals surface area contributed by atoms with Crippen LogP contribution in [0.25, 0.3) is 0 Å². The summed E-state index contributed by atoms with van der Waals surface area (Å²) in [6.45, 7) is 4.31. The molecule has 3 aromatic rings. The van der Waals surface area contributed by atoms with Crippen LogP contribution in [0.5, 0.6) is 5.75 Å². The summed E-state index contributed by atoms with van der Waals surface area (Å²) in [7, 11) is 1.77. The third kappa shape index (κ3) is 5.80. The zero-order valence-electron chi connectivity index (χ0n) is 19.5. The molecule has 3 aromatic carbocycles. The van der Waals surface area contributed by atoms with Gasteiger partial charge in [0.15, 0.2) is 0 Å². The van der Waals surface area contributed by atoms with E-state index in [4.69, 9.17) is 4.74 Å². The van der Waals surface area contributed by atoms with Gasteiger partial charge in [0.2, 0.25) is 0 Å². The number of hydrogen-bond donors (Lipinski definition) is 0. The first-order valence-electron chi connectivity index (χ1n) is 11.6. The van der Waals surface area contributed by atoms with E-state index in [1.165, 1.54) is 36.1 Å². The number of nitrogens with zero attached hydrogens (tertiary/aromatic N) is 2. The second-order valence-electron chi connectivity index (χ2n) is 9.05. The maximum atomic E-state index is 5.68. The fraction of sp³-hybridized carbons (Fsp3) is 0.357. The van der Waals surface area contributed by atoms with E-state index in [1.807, 2.05) is 0 Å². The van der Waals surface area contributed by atoms with E-state index in [1.54, 1.807) is 7.11 Å². The zero-order valence-corrected chi connectivity index (χ0v) is 22.7. The van der Waals surface area contributed by atoms with Crippen LogP contribution in [0.2, 0.25) is 0 Å². The van der Waals surface area contributed by atoms with Gasteiger partial charge >= 0.3 is 0 Å². The Morgan fingerprint density at radius 2 is 1.56 bits per heavy atom. The highest BCUT2D eigenvalue weighted by Gasteiger charge is 2.41.